The second-order valence-electron chi connectivity index (χ2n) is 6.31. The lowest BCUT2D eigenvalue weighted by molar-refractivity contribution is 0.0935. The molecule has 0 radical (unpaired) electrons. The van der Waals surface area contributed by atoms with Crippen molar-refractivity contribution in [3.63, 3.8) is 0 Å². The minimum Gasteiger partial charge on any atom is -0.361 e. The predicted octanol–water partition coefficient (Wildman–Crippen LogP) is 3.65. The van der Waals surface area contributed by atoms with Crippen LogP contribution in [0.4, 0.5) is 0 Å². The maximum Gasteiger partial charge on any atom is 0.251 e. The lowest BCUT2D eigenvalue weighted by Gasteiger charge is -2.19. The van der Waals surface area contributed by atoms with E-state index in [9.17, 15) is 4.79 Å². The Kier molecular flexibility index (Phi) is 3.82. The molecule has 3 aromatic rings. The molecule has 1 amide bonds. The van der Waals surface area contributed by atoms with Gasteiger partial charge in [0.25, 0.3) is 5.91 Å². The van der Waals surface area contributed by atoms with Gasteiger partial charge in [-0.05, 0) is 46.7 Å². The molecule has 2 aromatic carbocycles. The zero-order valence-corrected chi connectivity index (χ0v) is 13.7. The lowest BCUT2D eigenvalue weighted by atomic mass is 10.0. The summed E-state index contributed by atoms with van der Waals surface area (Å²) in [5.74, 6) is -0.0138. The van der Waals surface area contributed by atoms with E-state index in [1.54, 1.807) is 0 Å². The van der Waals surface area contributed by atoms with Crippen molar-refractivity contribution in [2.75, 3.05) is 0 Å². The first-order valence-corrected chi connectivity index (χ1v) is 8.45. The van der Waals surface area contributed by atoms with E-state index in [0.717, 1.165) is 36.2 Å². The average Bonchev–Trinajstić information content (AvgIpc) is 3.27. The maximum absolute atomic E-state index is 12.7. The fraction of sp³-hybridized carbons (Fsp3) is 0.250. The Morgan fingerprint density at radius 2 is 2.04 bits per heavy atom. The van der Waals surface area contributed by atoms with E-state index >= 15 is 0 Å². The molecule has 0 fully saturated rings. The number of nitrogens with one attached hydrogen (secondary N) is 3. The molecule has 1 unspecified atom stereocenters. The van der Waals surface area contributed by atoms with Crippen LogP contribution in [0.3, 0.4) is 0 Å². The minimum atomic E-state index is -0.0138. The summed E-state index contributed by atoms with van der Waals surface area (Å²) in [4.78, 5) is 16.0. The summed E-state index contributed by atoms with van der Waals surface area (Å²) in [7, 11) is 0. The number of hydrogen-bond donors (Lipinski definition) is 3. The number of fused-ring (bicyclic) bond motifs is 2. The van der Waals surface area contributed by atoms with Crippen molar-refractivity contribution in [2.24, 2.45) is 0 Å². The molecular weight excluding hydrogens is 298 g/mol. The van der Waals surface area contributed by atoms with Gasteiger partial charge in [-0.3, -0.25) is 4.79 Å². The molecule has 0 aliphatic carbocycles. The number of para-hydroxylation sites is 1. The van der Waals surface area contributed by atoms with Crippen molar-refractivity contribution < 1.29 is 4.79 Å². The maximum atomic E-state index is 12.7. The fourth-order valence-corrected chi connectivity index (χ4v) is 3.48. The molecule has 1 aliphatic rings. The van der Waals surface area contributed by atoms with Crippen LogP contribution >= 0.6 is 0 Å². The summed E-state index contributed by atoms with van der Waals surface area (Å²) >= 11 is 0. The zero-order chi connectivity index (χ0) is 16.5. The second kappa shape index (κ2) is 6.13. The molecule has 0 bridgehead atoms. The molecular formula is C20H21N3O. The van der Waals surface area contributed by atoms with Crippen molar-refractivity contribution in [3.05, 3.63) is 70.9 Å². The van der Waals surface area contributed by atoms with Gasteiger partial charge in [0.1, 0.15) is 0 Å². The normalized spacial score (nSPS) is 14.5. The smallest absolute Gasteiger partial charge is 0.251 e. The Balaban J connectivity index is 1.60. The van der Waals surface area contributed by atoms with Crippen LogP contribution in [0.15, 0.2) is 48.7 Å². The first-order chi connectivity index (χ1) is 11.8. The third-order valence-electron chi connectivity index (χ3n) is 4.81. The number of aromatic amines is 1. The van der Waals surface area contributed by atoms with Gasteiger partial charge in [0.2, 0.25) is 0 Å². The molecule has 1 atom stereocenters. The lowest BCUT2D eigenvalue weighted by Crippen LogP contribution is -2.28. The van der Waals surface area contributed by atoms with Gasteiger partial charge in [0, 0.05) is 24.8 Å². The van der Waals surface area contributed by atoms with E-state index in [1.165, 1.54) is 16.5 Å². The number of carbonyl (C=O) groups excluding carboxylic acids is 1. The van der Waals surface area contributed by atoms with Crippen LogP contribution in [0.1, 0.15) is 46.4 Å². The van der Waals surface area contributed by atoms with Gasteiger partial charge in [-0.25, -0.2) is 0 Å². The molecule has 4 heteroatoms. The van der Waals surface area contributed by atoms with E-state index in [1.807, 2.05) is 24.4 Å². The number of amides is 1. The van der Waals surface area contributed by atoms with Crippen LogP contribution in [0, 0.1) is 0 Å². The largest absolute Gasteiger partial charge is 0.361 e. The Bertz CT molecular complexity index is 897. The highest BCUT2D eigenvalue weighted by molar-refractivity contribution is 5.95. The Morgan fingerprint density at radius 1 is 1.17 bits per heavy atom. The van der Waals surface area contributed by atoms with E-state index in [2.05, 4.69) is 46.8 Å². The summed E-state index contributed by atoms with van der Waals surface area (Å²) in [5, 5.41) is 7.68. The highest BCUT2D eigenvalue weighted by Gasteiger charge is 2.18. The molecule has 0 saturated heterocycles. The molecule has 0 spiro atoms. The van der Waals surface area contributed by atoms with Gasteiger partial charge >= 0.3 is 0 Å². The molecule has 122 valence electrons. The molecule has 1 aliphatic heterocycles. The Labute approximate surface area is 141 Å². The topological polar surface area (TPSA) is 56.9 Å². The van der Waals surface area contributed by atoms with Gasteiger partial charge in [-0.15, -0.1) is 0 Å². The first kappa shape index (κ1) is 15.0. The summed E-state index contributed by atoms with van der Waals surface area (Å²) in [6, 6.07) is 14.2. The number of aromatic nitrogens is 1. The van der Waals surface area contributed by atoms with Gasteiger partial charge in [0.15, 0.2) is 0 Å². The average molecular weight is 319 g/mol. The first-order valence-electron chi connectivity index (χ1n) is 8.45. The molecule has 4 nitrogen and oxygen atoms in total. The predicted molar refractivity (Wildman–Crippen MR) is 95.8 cm³/mol. The van der Waals surface area contributed by atoms with Crippen molar-refractivity contribution in [1.82, 2.24) is 15.6 Å². The summed E-state index contributed by atoms with van der Waals surface area (Å²) in [5.41, 5.74) is 5.48. The van der Waals surface area contributed by atoms with Crippen LogP contribution in [0.5, 0.6) is 0 Å². The molecule has 0 saturated carbocycles. The molecule has 24 heavy (non-hydrogen) atoms. The van der Waals surface area contributed by atoms with Gasteiger partial charge in [0.05, 0.1) is 11.6 Å². The van der Waals surface area contributed by atoms with Crippen LogP contribution in [-0.4, -0.2) is 10.9 Å². The van der Waals surface area contributed by atoms with Crippen LogP contribution in [0.2, 0.25) is 0 Å². The Hall–Kier alpha value is -2.59. The van der Waals surface area contributed by atoms with Crippen molar-refractivity contribution in [1.29, 1.82) is 0 Å². The molecule has 1 aromatic heterocycles. The second-order valence-corrected chi connectivity index (χ2v) is 6.31. The summed E-state index contributed by atoms with van der Waals surface area (Å²) in [6.45, 7) is 3.83. The number of rotatable bonds is 4. The third kappa shape index (κ3) is 2.59. The van der Waals surface area contributed by atoms with Crippen molar-refractivity contribution >= 4 is 16.8 Å². The molecule has 4 rings (SSSR count). The molecule has 3 N–H and O–H groups in total. The number of carbonyl (C=O) groups is 1. The van der Waals surface area contributed by atoms with Gasteiger partial charge in [-0.2, -0.15) is 0 Å². The third-order valence-corrected chi connectivity index (χ3v) is 4.81. The van der Waals surface area contributed by atoms with Crippen molar-refractivity contribution in [2.45, 2.75) is 32.5 Å². The fourth-order valence-electron chi connectivity index (χ4n) is 3.48. The van der Waals surface area contributed by atoms with Crippen LogP contribution in [0.25, 0.3) is 10.9 Å². The Morgan fingerprint density at radius 3 is 2.92 bits per heavy atom. The number of hydrogen-bond acceptors (Lipinski definition) is 2. The minimum absolute atomic E-state index is 0.00812. The van der Waals surface area contributed by atoms with Gasteiger partial charge in [-0.1, -0.05) is 31.2 Å². The van der Waals surface area contributed by atoms with E-state index in [4.69, 9.17) is 0 Å². The number of H-pyrrole nitrogens is 1. The number of benzene rings is 2. The monoisotopic (exact) mass is 319 g/mol. The van der Waals surface area contributed by atoms with Crippen molar-refractivity contribution in [3.8, 4) is 0 Å². The van der Waals surface area contributed by atoms with Crippen LogP contribution in [-0.2, 0) is 13.1 Å². The zero-order valence-electron chi connectivity index (χ0n) is 13.7. The van der Waals surface area contributed by atoms with Crippen LogP contribution < -0.4 is 10.6 Å². The van der Waals surface area contributed by atoms with Gasteiger partial charge < -0.3 is 15.6 Å². The summed E-state index contributed by atoms with van der Waals surface area (Å²) in [6.07, 6.45) is 2.78. The molecule has 2 heterocycles. The van der Waals surface area contributed by atoms with E-state index in [-0.39, 0.29) is 11.9 Å². The quantitative estimate of drug-likeness (QED) is 0.687. The SMILES string of the molecule is CCC(NC(=O)c1ccc2c(c1)CNC2)c1cccc2cc[nH]c12. The standard InChI is InChI=1S/C20H21N3O/c1-2-18(17-5-3-4-13-8-9-22-19(13)17)23-20(24)14-6-7-15-11-21-12-16(15)10-14/h3-10,18,21-22H,2,11-12H2,1H3,(H,23,24). The van der Waals surface area contributed by atoms with E-state index in [0.29, 0.717) is 0 Å². The summed E-state index contributed by atoms with van der Waals surface area (Å²) < 4.78 is 0. The van der Waals surface area contributed by atoms with E-state index < -0.39 is 0 Å². The highest BCUT2D eigenvalue weighted by atomic mass is 16.1. The highest BCUT2D eigenvalue weighted by Crippen LogP contribution is 2.26.